The molecule has 0 radical (unpaired) electrons. The first-order chi connectivity index (χ1) is 44.8. The molecule has 26 heteroatoms. The van der Waals surface area contributed by atoms with Crippen LogP contribution in [0.3, 0.4) is 0 Å². The maximum Gasteiger partial charge on any atom is 0.488 e. The predicted octanol–water partition coefficient (Wildman–Crippen LogP) is 13.4. The standard InChI is InChI=1S/C34H15F5N2O4.C26H8BrF5N2O4.C8H9BO2/c1-2-15-6-8-16(9-7-15)17-4-3-5-18(14-17)40-31(42)19-10-12-21-24-22(13-11-20(23(19)24)32(40)43)34(45)41(33(21)44)30-28(38)26(36)25(35)27(37)29(30)39;27-9-2-1-3-10(8-9)33-23(35)11-4-6-13-16-14(7-5-12(15(11)16)24(33)36)26(38)34(25(13)37)22-20(31)18(29)17(28)19(30)21(22)32;1-2-7-3-5-8(6-4-7)9(10)11/h2-14H,1H2;1-8H;2-6,10-11H,1H2. The fraction of sp³-hybridized carbons (Fsp3) is 0. The van der Waals surface area contributed by atoms with Crippen LogP contribution in [0, 0.1) is 58.2 Å². The van der Waals surface area contributed by atoms with Crippen LogP contribution in [-0.2, 0) is 0 Å². The van der Waals surface area contributed by atoms with E-state index in [1.807, 2.05) is 24.3 Å². The molecular formula is C68H32BBrF10N4O10. The fourth-order valence-electron chi connectivity index (χ4n) is 11.3. The summed E-state index contributed by atoms with van der Waals surface area (Å²) in [6.07, 6.45) is 3.39. The number of carbonyl (C=O) groups excluding carboxylic acids is 8. The Kier molecular flexibility index (Phi) is 15.8. The zero-order valence-electron chi connectivity index (χ0n) is 47.1. The van der Waals surface area contributed by atoms with E-state index in [1.54, 1.807) is 78.9 Å². The lowest BCUT2D eigenvalue weighted by Gasteiger charge is -2.32. The number of rotatable bonds is 8. The lowest BCUT2D eigenvalue weighted by Crippen LogP contribution is -2.44. The van der Waals surface area contributed by atoms with E-state index in [9.17, 15) is 82.3 Å². The third-order valence-electron chi connectivity index (χ3n) is 15.7. The largest absolute Gasteiger partial charge is 0.488 e. The number of carbonyl (C=O) groups is 8. The Bertz CT molecular complexity index is 4970. The van der Waals surface area contributed by atoms with Crippen molar-refractivity contribution in [3.05, 3.63) is 277 Å². The summed E-state index contributed by atoms with van der Waals surface area (Å²) in [6, 6.07) is 36.5. The van der Waals surface area contributed by atoms with E-state index in [1.165, 1.54) is 30.3 Å². The molecule has 0 aromatic heterocycles. The van der Waals surface area contributed by atoms with Crippen LogP contribution in [0.25, 0.3) is 44.8 Å². The van der Waals surface area contributed by atoms with E-state index in [2.05, 4.69) is 29.1 Å². The molecule has 0 saturated heterocycles. The van der Waals surface area contributed by atoms with Crippen molar-refractivity contribution >= 4 is 132 Å². The molecule has 10 aromatic rings. The Hall–Kier alpha value is -11.5. The van der Waals surface area contributed by atoms with Crippen molar-refractivity contribution in [3.8, 4) is 11.1 Å². The Labute approximate surface area is 530 Å². The van der Waals surface area contributed by atoms with Gasteiger partial charge in [-0.05, 0) is 107 Å². The van der Waals surface area contributed by atoms with Gasteiger partial charge in [-0.15, -0.1) is 0 Å². The molecule has 0 saturated carbocycles. The molecule has 464 valence electrons. The highest BCUT2D eigenvalue weighted by atomic mass is 79.9. The van der Waals surface area contributed by atoms with Crippen LogP contribution in [-0.4, -0.2) is 64.4 Å². The quantitative estimate of drug-likeness (QED) is 0.0487. The Morgan fingerprint density at radius 1 is 0.330 bits per heavy atom. The number of hydrogen-bond donors (Lipinski definition) is 2. The molecule has 4 aliphatic heterocycles. The van der Waals surface area contributed by atoms with Crippen LogP contribution in [0.15, 0.2) is 163 Å². The Morgan fingerprint density at radius 3 is 0.904 bits per heavy atom. The molecule has 14 rings (SSSR count). The van der Waals surface area contributed by atoms with Gasteiger partial charge in [0.15, 0.2) is 46.5 Å². The molecule has 10 aromatic carbocycles. The summed E-state index contributed by atoms with van der Waals surface area (Å²) in [4.78, 5) is 110. The SMILES string of the molecule is C=Cc1ccc(-c2cccc(N3C(=O)c4ccc5c6c(ccc(c46)C3=O)C(=O)N(c3c(F)c(F)c(F)c(F)c3F)C5=O)c2)cc1.C=Cc1ccc(B(O)O)cc1.O=C1c2ccc3c4c(ccc(c24)C(=O)N1c1cccc(Br)c1)C(=O)N(c1c(F)c(F)c(F)c(F)c1F)C3=O. The van der Waals surface area contributed by atoms with Crippen molar-refractivity contribution in [1.29, 1.82) is 0 Å². The van der Waals surface area contributed by atoms with Gasteiger partial charge in [-0.25, -0.2) is 63.5 Å². The first kappa shape index (κ1) is 62.7. The first-order valence-electron chi connectivity index (χ1n) is 27.3. The van der Waals surface area contributed by atoms with Gasteiger partial charge in [0.05, 0.1) is 11.4 Å². The van der Waals surface area contributed by atoms with Gasteiger partial charge in [0.25, 0.3) is 47.3 Å². The average Bonchev–Trinajstić information content (AvgIpc) is 0.711. The second kappa shape index (κ2) is 23.6. The summed E-state index contributed by atoms with van der Waals surface area (Å²) < 4.78 is 142. The molecule has 8 amide bonds. The summed E-state index contributed by atoms with van der Waals surface area (Å²) >= 11 is 3.28. The second-order valence-corrected chi connectivity index (χ2v) is 21.8. The number of amides is 8. The summed E-state index contributed by atoms with van der Waals surface area (Å²) in [5.41, 5.74) is -0.757. The van der Waals surface area contributed by atoms with Crippen LogP contribution in [0.4, 0.5) is 66.7 Å². The van der Waals surface area contributed by atoms with Gasteiger partial charge in [0.1, 0.15) is 11.4 Å². The molecule has 0 spiro atoms. The molecule has 0 fully saturated rings. The Balaban J connectivity index is 0.000000157. The van der Waals surface area contributed by atoms with Gasteiger partial charge in [-0.2, -0.15) is 0 Å². The molecule has 4 aliphatic rings. The summed E-state index contributed by atoms with van der Waals surface area (Å²) in [7, 11) is -1.38. The smallest absolute Gasteiger partial charge is 0.423 e. The van der Waals surface area contributed by atoms with Gasteiger partial charge in [0, 0.05) is 70.5 Å². The zero-order valence-corrected chi connectivity index (χ0v) is 48.7. The molecule has 0 bridgehead atoms. The van der Waals surface area contributed by atoms with E-state index in [-0.39, 0.29) is 87.2 Å². The van der Waals surface area contributed by atoms with Crippen molar-refractivity contribution in [3.63, 3.8) is 0 Å². The zero-order chi connectivity index (χ0) is 67.4. The minimum absolute atomic E-state index is 0.0366. The van der Waals surface area contributed by atoms with Gasteiger partial charge in [-0.3, -0.25) is 38.4 Å². The van der Waals surface area contributed by atoms with E-state index in [0.717, 1.165) is 50.8 Å². The van der Waals surface area contributed by atoms with Gasteiger partial charge in [0.2, 0.25) is 11.6 Å². The minimum Gasteiger partial charge on any atom is -0.423 e. The monoisotopic (exact) mass is 1340 g/mol. The van der Waals surface area contributed by atoms with Crippen molar-refractivity contribution in [2.45, 2.75) is 0 Å². The van der Waals surface area contributed by atoms with Crippen LogP contribution >= 0.6 is 15.9 Å². The summed E-state index contributed by atoms with van der Waals surface area (Å²) in [5, 5.41) is 17.0. The van der Waals surface area contributed by atoms with Crippen LogP contribution in [0.5, 0.6) is 0 Å². The Morgan fingerprint density at radius 2 is 0.606 bits per heavy atom. The second-order valence-electron chi connectivity index (χ2n) is 20.9. The lowest BCUT2D eigenvalue weighted by atomic mass is 9.80. The first-order valence-corrected chi connectivity index (χ1v) is 28.1. The minimum atomic E-state index is -2.46. The van der Waals surface area contributed by atoms with Gasteiger partial charge >= 0.3 is 7.12 Å². The highest BCUT2D eigenvalue weighted by molar-refractivity contribution is 9.10. The maximum atomic E-state index is 14.7. The van der Waals surface area contributed by atoms with Crippen molar-refractivity contribution in [2.24, 2.45) is 0 Å². The van der Waals surface area contributed by atoms with Crippen LogP contribution in [0.2, 0.25) is 0 Å². The van der Waals surface area contributed by atoms with Crippen molar-refractivity contribution in [2.75, 3.05) is 19.6 Å². The third-order valence-corrected chi connectivity index (χ3v) is 16.2. The molecule has 14 nitrogen and oxygen atoms in total. The van der Waals surface area contributed by atoms with Crippen LogP contribution in [0.1, 0.15) is 94.0 Å². The van der Waals surface area contributed by atoms with E-state index in [4.69, 9.17) is 10.0 Å². The summed E-state index contributed by atoms with van der Waals surface area (Å²) in [6.45, 7) is 7.31. The van der Waals surface area contributed by atoms with Gasteiger partial charge < -0.3 is 10.0 Å². The highest BCUT2D eigenvalue weighted by Crippen LogP contribution is 2.45. The van der Waals surface area contributed by atoms with E-state index < -0.39 is 124 Å². The number of imide groups is 4. The molecule has 4 heterocycles. The van der Waals surface area contributed by atoms with Crippen LogP contribution < -0.4 is 25.1 Å². The van der Waals surface area contributed by atoms with E-state index in [0.29, 0.717) is 15.5 Å². The lowest BCUT2D eigenvalue weighted by molar-refractivity contribution is 0.0871. The number of anilines is 4. The molecule has 2 N–H and O–H groups in total. The number of halogens is 11. The number of hydrogen-bond acceptors (Lipinski definition) is 10. The number of nitrogens with zero attached hydrogens (tertiary/aromatic N) is 4. The predicted molar refractivity (Wildman–Crippen MR) is 327 cm³/mol. The van der Waals surface area contributed by atoms with Crippen molar-refractivity contribution < 1.29 is 92.3 Å². The maximum absolute atomic E-state index is 14.7. The molecule has 94 heavy (non-hydrogen) atoms. The highest BCUT2D eigenvalue weighted by Gasteiger charge is 2.46. The molecule has 0 aliphatic carbocycles. The number of benzene rings is 10. The average molecular weight is 1350 g/mol. The third kappa shape index (κ3) is 9.75. The topological polar surface area (TPSA) is 190 Å². The van der Waals surface area contributed by atoms with E-state index >= 15 is 0 Å². The fourth-order valence-corrected chi connectivity index (χ4v) is 11.6. The summed E-state index contributed by atoms with van der Waals surface area (Å²) in [5.74, 6) is -32.4. The molecule has 0 atom stereocenters. The normalized spacial score (nSPS) is 13.8. The van der Waals surface area contributed by atoms with Gasteiger partial charge in [-0.1, -0.05) is 108 Å². The van der Waals surface area contributed by atoms with Crippen molar-refractivity contribution in [1.82, 2.24) is 0 Å². The molecular weight excluding hydrogens is 1310 g/mol. The molecule has 0 unspecified atom stereocenters.